The fourth-order valence-electron chi connectivity index (χ4n) is 9.30. The minimum Gasteiger partial charge on any atom is -0.454 e. The van der Waals surface area contributed by atoms with Crippen molar-refractivity contribution < 1.29 is 29.3 Å². The second kappa shape index (κ2) is 8.15. The second-order valence-corrected chi connectivity index (χ2v) is 13.7. The van der Waals surface area contributed by atoms with Crippen LogP contribution in [0.3, 0.4) is 0 Å². The molecule has 0 aromatic rings. The van der Waals surface area contributed by atoms with E-state index in [9.17, 15) is 19.8 Å². The van der Waals surface area contributed by atoms with Gasteiger partial charge >= 0.3 is 11.9 Å². The van der Waals surface area contributed by atoms with Crippen molar-refractivity contribution in [3.8, 4) is 0 Å². The van der Waals surface area contributed by atoms with Gasteiger partial charge in [-0.25, -0.2) is 0 Å². The van der Waals surface area contributed by atoms with Crippen LogP contribution in [0.15, 0.2) is 22.3 Å². The van der Waals surface area contributed by atoms with Crippen LogP contribution in [0.25, 0.3) is 0 Å². The van der Waals surface area contributed by atoms with E-state index in [-0.39, 0.29) is 17.4 Å². The molecule has 6 aliphatic rings. The molecular formula is C30H43NO6. The monoisotopic (exact) mass is 513 g/mol. The smallest absolute Gasteiger partial charge is 0.327 e. The number of rotatable bonds is 3. The van der Waals surface area contributed by atoms with Gasteiger partial charge in [0.2, 0.25) is 0 Å². The van der Waals surface area contributed by atoms with Crippen molar-refractivity contribution in [2.45, 2.75) is 121 Å². The van der Waals surface area contributed by atoms with E-state index in [1.54, 1.807) is 11.9 Å². The van der Waals surface area contributed by atoms with Crippen LogP contribution in [0.1, 0.15) is 91.9 Å². The van der Waals surface area contributed by atoms with Crippen LogP contribution in [0, 0.1) is 16.7 Å². The average Bonchev–Trinajstić information content (AvgIpc) is 3.22. The molecule has 0 aromatic heterocycles. The molecule has 6 rings (SSSR count). The highest BCUT2D eigenvalue weighted by Crippen LogP contribution is 2.59. The number of fused-ring (bicyclic) bond motifs is 6. The molecule has 7 nitrogen and oxygen atoms in total. The van der Waals surface area contributed by atoms with Crippen molar-refractivity contribution in [2.75, 3.05) is 13.6 Å². The van der Waals surface area contributed by atoms with Crippen LogP contribution in [-0.2, 0) is 19.1 Å². The average molecular weight is 514 g/mol. The van der Waals surface area contributed by atoms with Crippen molar-refractivity contribution in [3.63, 3.8) is 0 Å². The molecule has 2 N–H and O–H groups in total. The molecule has 2 saturated heterocycles. The van der Waals surface area contributed by atoms with Crippen LogP contribution in [0.5, 0.6) is 0 Å². The predicted molar refractivity (Wildman–Crippen MR) is 137 cm³/mol. The number of nitrogens with zero attached hydrogens (tertiary/aromatic N) is 1. The summed E-state index contributed by atoms with van der Waals surface area (Å²) in [6.45, 7) is 8.82. The molecule has 2 saturated carbocycles. The molecule has 4 aliphatic carbocycles. The number of ether oxygens (including phenoxy) is 2. The minimum absolute atomic E-state index is 0.0434. The van der Waals surface area contributed by atoms with Gasteiger partial charge in [0.15, 0.2) is 12.2 Å². The third kappa shape index (κ3) is 3.42. The Morgan fingerprint density at radius 2 is 1.27 bits per heavy atom. The molecule has 0 radical (unpaired) electrons. The lowest BCUT2D eigenvalue weighted by Crippen LogP contribution is -2.61. The zero-order valence-electron chi connectivity index (χ0n) is 23.1. The Morgan fingerprint density at radius 1 is 0.784 bits per heavy atom. The number of hydrogen-bond acceptors (Lipinski definition) is 7. The van der Waals surface area contributed by atoms with Gasteiger partial charge in [-0.1, -0.05) is 25.0 Å². The van der Waals surface area contributed by atoms with Crippen molar-refractivity contribution >= 4 is 11.9 Å². The number of esters is 2. The topological polar surface area (TPSA) is 96.3 Å². The number of carbonyl (C=O) groups is 2. The Morgan fingerprint density at radius 3 is 1.84 bits per heavy atom. The third-order valence-corrected chi connectivity index (χ3v) is 11.3. The first-order valence-electron chi connectivity index (χ1n) is 14.3. The van der Waals surface area contributed by atoms with Gasteiger partial charge in [0, 0.05) is 6.54 Å². The summed E-state index contributed by atoms with van der Waals surface area (Å²) in [6.07, 6.45) is 7.55. The molecule has 4 unspecified atom stereocenters. The molecule has 0 bridgehead atoms. The highest BCUT2D eigenvalue weighted by Gasteiger charge is 2.67. The SMILES string of the molecule is CC1=C2[C@H]3OC(=O)C(CN(C)C4C(=O)O[C@H]5C6=C(C)CCC[C@]6(C)CCC45O)C3(O)CC[C@]2(C)CCC1. The largest absolute Gasteiger partial charge is 0.454 e. The normalized spacial score (nSPS) is 47.4. The van der Waals surface area contributed by atoms with Crippen LogP contribution >= 0.6 is 0 Å². The fraction of sp³-hybridized carbons (Fsp3) is 0.800. The maximum atomic E-state index is 13.3. The van der Waals surface area contributed by atoms with E-state index in [0.717, 1.165) is 62.5 Å². The summed E-state index contributed by atoms with van der Waals surface area (Å²) < 4.78 is 11.9. The number of hydrogen-bond donors (Lipinski definition) is 2. The molecule has 0 amide bonds. The van der Waals surface area contributed by atoms with Crippen molar-refractivity contribution in [3.05, 3.63) is 22.3 Å². The number of carbonyl (C=O) groups excluding carboxylic acids is 2. The molecular weight excluding hydrogens is 470 g/mol. The van der Waals surface area contributed by atoms with E-state index in [1.165, 1.54) is 11.1 Å². The fourth-order valence-corrected chi connectivity index (χ4v) is 9.30. The van der Waals surface area contributed by atoms with E-state index in [2.05, 4.69) is 27.7 Å². The van der Waals surface area contributed by atoms with Gasteiger partial charge in [0.1, 0.15) is 23.2 Å². The Balaban J connectivity index is 1.29. The summed E-state index contributed by atoms with van der Waals surface area (Å²) in [5, 5.41) is 24.0. The van der Waals surface area contributed by atoms with Gasteiger partial charge in [0.25, 0.3) is 0 Å². The third-order valence-electron chi connectivity index (χ3n) is 11.3. The maximum Gasteiger partial charge on any atom is 0.327 e. The maximum absolute atomic E-state index is 13.3. The number of aliphatic hydroxyl groups is 2. The molecule has 0 spiro atoms. The van der Waals surface area contributed by atoms with Crippen molar-refractivity contribution in [1.29, 1.82) is 0 Å². The van der Waals surface area contributed by atoms with Gasteiger partial charge in [-0.3, -0.25) is 14.5 Å². The summed E-state index contributed by atoms with van der Waals surface area (Å²) in [5.41, 5.74) is 1.91. The van der Waals surface area contributed by atoms with Crippen LogP contribution in [0.2, 0.25) is 0 Å². The van der Waals surface area contributed by atoms with Gasteiger partial charge < -0.3 is 19.7 Å². The summed E-state index contributed by atoms with van der Waals surface area (Å²) in [4.78, 5) is 28.4. The van der Waals surface area contributed by atoms with Gasteiger partial charge in [-0.2, -0.15) is 0 Å². The summed E-state index contributed by atoms with van der Waals surface area (Å²) in [5.74, 6) is -1.64. The van der Waals surface area contributed by atoms with Crippen molar-refractivity contribution in [2.24, 2.45) is 16.7 Å². The van der Waals surface area contributed by atoms with Gasteiger partial charge in [-0.05, 0) is 107 Å². The number of likely N-dealkylation sites (N-methyl/N-ethyl adjacent to an activating group) is 1. The Bertz CT molecular complexity index is 1110. The van der Waals surface area contributed by atoms with Crippen LogP contribution < -0.4 is 0 Å². The van der Waals surface area contributed by atoms with E-state index in [4.69, 9.17) is 9.47 Å². The highest BCUT2D eigenvalue weighted by molar-refractivity contribution is 5.82. The summed E-state index contributed by atoms with van der Waals surface area (Å²) in [7, 11) is 1.77. The summed E-state index contributed by atoms with van der Waals surface area (Å²) >= 11 is 0. The Hall–Kier alpha value is -1.70. The number of allylic oxidation sites excluding steroid dienone is 2. The van der Waals surface area contributed by atoms with E-state index >= 15 is 0 Å². The lowest BCUT2D eigenvalue weighted by atomic mass is 9.57. The zero-order chi connectivity index (χ0) is 26.5. The van der Waals surface area contributed by atoms with E-state index in [0.29, 0.717) is 12.8 Å². The molecule has 8 atom stereocenters. The van der Waals surface area contributed by atoms with Crippen LogP contribution in [-0.4, -0.2) is 70.1 Å². The quantitative estimate of drug-likeness (QED) is 0.438. The van der Waals surface area contributed by atoms with E-state index in [1.807, 2.05) is 0 Å². The molecule has 4 fully saturated rings. The second-order valence-electron chi connectivity index (χ2n) is 13.7. The Labute approximate surface area is 220 Å². The minimum atomic E-state index is -1.35. The Kier molecular flexibility index (Phi) is 5.63. The molecule has 37 heavy (non-hydrogen) atoms. The standard InChI is InChI=1S/C30H43NO6/c1-17-8-6-10-27(3)12-14-29(34)19(25(32)36-23(29)20(17)27)16-31(5)22-26(33)37-24-21-18(2)9-7-11-28(21,4)13-15-30(22,24)35/h19,22-24,34-35H,6-16H2,1-5H3/t19?,22?,23-,24+,27+,28-,29?,30?/m1/s1. The first-order chi connectivity index (χ1) is 17.3. The van der Waals surface area contributed by atoms with E-state index < -0.39 is 47.3 Å². The molecule has 0 aromatic carbocycles. The predicted octanol–water partition coefficient (Wildman–Crippen LogP) is 3.82. The van der Waals surface area contributed by atoms with Crippen molar-refractivity contribution in [1.82, 2.24) is 4.90 Å². The molecule has 2 aliphatic heterocycles. The lowest BCUT2D eigenvalue weighted by molar-refractivity contribution is -0.147. The molecule has 2 heterocycles. The molecule has 204 valence electrons. The first-order valence-corrected chi connectivity index (χ1v) is 14.3. The summed E-state index contributed by atoms with van der Waals surface area (Å²) in [6, 6.07) is -0.885. The van der Waals surface area contributed by atoms with Gasteiger partial charge in [0.05, 0.1) is 0 Å². The van der Waals surface area contributed by atoms with Gasteiger partial charge in [-0.15, -0.1) is 0 Å². The first kappa shape index (κ1) is 25.6. The zero-order valence-corrected chi connectivity index (χ0v) is 23.1. The highest BCUT2D eigenvalue weighted by atomic mass is 16.6. The lowest BCUT2D eigenvalue weighted by Gasteiger charge is -2.51. The molecule has 7 heteroatoms. The van der Waals surface area contributed by atoms with Crippen LogP contribution in [0.4, 0.5) is 0 Å².